The topological polar surface area (TPSA) is 46.6 Å². The summed E-state index contributed by atoms with van der Waals surface area (Å²) in [5, 5.41) is 0. The first-order chi connectivity index (χ1) is 8.93. The monoisotopic (exact) mass is 355 g/mol. The van der Waals surface area contributed by atoms with Gasteiger partial charge in [0.05, 0.1) is 22.4 Å². The Bertz CT molecular complexity index is 495. The van der Waals surface area contributed by atoms with Crippen molar-refractivity contribution in [2.24, 2.45) is 5.92 Å². The van der Waals surface area contributed by atoms with Crippen LogP contribution in [0.3, 0.4) is 0 Å². The fourth-order valence-electron chi connectivity index (χ4n) is 2.32. The number of amides is 2. The van der Waals surface area contributed by atoms with E-state index in [-0.39, 0.29) is 0 Å². The van der Waals surface area contributed by atoms with Crippen LogP contribution in [0.1, 0.15) is 20.8 Å². The van der Waals surface area contributed by atoms with Crippen LogP contribution in [-0.4, -0.2) is 39.5 Å². The van der Waals surface area contributed by atoms with Crippen molar-refractivity contribution in [3.63, 3.8) is 0 Å². The third-order valence-electron chi connectivity index (χ3n) is 3.04. The van der Waals surface area contributed by atoms with Crippen molar-refractivity contribution in [2.75, 3.05) is 0 Å². The summed E-state index contributed by atoms with van der Waals surface area (Å²) in [5.74, 6) is -1.65. The number of rotatable bonds is 0. The maximum Gasteiger partial charge on any atom is 0.417 e. The number of fused-ring (bicyclic) bond motifs is 2. The summed E-state index contributed by atoms with van der Waals surface area (Å²) in [4.78, 5) is 23.7. The van der Waals surface area contributed by atoms with E-state index in [1.54, 1.807) is 20.8 Å². The highest BCUT2D eigenvalue weighted by atomic mass is 79.9. The zero-order valence-corrected chi connectivity index (χ0v) is 12.6. The maximum absolute atomic E-state index is 12.9. The number of imide groups is 1. The van der Waals surface area contributed by atoms with Crippen molar-refractivity contribution in [1.82, 2.24) is 4.90 Å². The third kappa shape index (κ3) is 2.45. The predicted molar refractivity (Wildman–Crippen MR) is 67.2 cm³/mol. The number of likely N-dealkylation sites (tertiary alicyclic amines) is 1. The highest BCUT2D eigenvalue weighted by Gasteiger charge is 2.61. The lowest BCUT2D eigenvalue weighted by molar-refractivity contribution is -0.133. The van der Waals surface area contributed by atoms with Crippen molar-refractivity contribution >= 4 is 27.9 Å². The normalized spacial score (nSPS) is 29.8. The highest BCUT2D eigenvalue weighted by Crippen LogP contribution is 2.48. The average Bonchev–Trinajstić information content (AvgIpc) is 2.65. The van der Waals surface area contributed by atoms with E-state index in [1.807, 2.05) is 0 Å². The van der Waals surface area contributed by atoms with E-state index in [1.165, 1.54) is 0 Å². The predicted octanol–water partition coefficient (Wildman–Crippen LogP) is 3.01. The van der Waals surface area contributed by atoms with Crippen LogP contribution in [0.15, 0.2) is 11.6 Å². The third-order valence-corrected chi connectivity index (χ3v) is 4.11. The SMILES string of the molecule is CC(C)(C)OC(=O)N1C(=O)[C@H]2C=C(C(F)(F)F)[C@@H]1[C@@H]2Br. The van der Waals surface area contributed by atoms with Crippen molar-refractivity contribution < 1.29 is 27.5 Å². The van der Waals surface area contributed by atoms with Crippen LogP contribution in [0.4, 0.5) is 18.0 Å². The molecule has 4 nitrogen and oxygen atoms in total. The lowest BCUT2D eigenvalue weighted by Crippen LogP contribution is -2.47. The molecule has 2 amide bonds. The Hall–Kier alpha value is -1.05. The van der Waals surface area contributed by atoms with Crippen LogP contribution in [0.25, 0.3) is 0 Å². The van der Waals surface area contributed by atoms with Gasteiger partial charge in [-0.25, -0.2) is 9.69 Å². The van der Waals surface area contributed by atoms with Gasteiger partial charge in [0.2, 0.25) is 5.91 Å². The van der Waals surface area contributed by atoms with Crippen LogP contribution < -0.4 is 0 Å². The summed E-state index contributed by atoms with van der Waals surface area (Å²) < 4.78 is 43.7. The van der Waals surface area contributed by atoms with E-state index < -0.39 is 46.1 Å². The molecule has 3 atom stereocenters. The molecule has 2 rings (SSSR count). The molecule has 0 aromatic rings. The first-order valence-electron chi connectivity index (χ1n) is 5.92. The Balaban J connectivity index is 2.31. The number of carbonyl (C=O) groups is 2. The van der Waals surface area contributed by atoms with Crippen LogP contribution in [-0.2, 0) is 9.53 Å². The quantitative estimate of drug-likeness (QED) is 0.495. The van der Waals surface area contributed by atoms with Gasteiger partial charge in [-0.2, -0.15) is 13.2 Å². The zero-order chi connectivity index (χ0) is 15.5. The second-order valence-corrected chi connectivity index (χ2v) is 6.78. The molecule has 0 aromatic carbocycles. The van der Waals surface area contributed by atoms with Gasteiger partial charge in [-0.05, 0) is 20.8 Å². The molecule has 1 heterocycles. The van der Waals surface area contributed by atoms with Gasteiger partial charge in [0.15, 0.2) is 0 Å². The Kier molecular flexibility index (Phi) is 3.43. The molecular weight excluding hydrogens is 343 g/mol. The molecule has 0 radical (unpaired) electrons. The van der Waals surface area contributed by atoms with Gasteiger partial charge in [-0.1, -0.05) is 22.0 Å². The number of alkyl halides is 4. The summed E-state index contributed by atoms with van der Waals surface area (Å²) in [5.41, 5.74) is -1.77. The smallest absolute Gasteiger partial charge is 0.417 e. The number of ether oxygens (including phenoxy) is 1. The molecule has 112 valence electrons. The standard InChI is InChI=1S/C12H13BrF3NO3/c1-11(2,3)20-10(19)17-8-6(12(14,15)16)4-5(7(8)13)9(17)18/h4-5,7-8H,1-3H3/t5-,7+,8+/m0/s1. The van der Waals surface area contributed by atoms with Gasteiger partial charge in [0.1, 0.15) is 5.60 Å². The van der Waals surface area contributed by atoms with E-state index >= 15 is 0 Å². The van der Waals surface area contributed by atoms with E-state index in [9.17, 15) is 22.8 Å². The second-order valence-electron chi connectivity index (χ2n) is 5.72. The lowest BCUT2D eigenvalue weighted by atomic mass is 10.1. The lowest BCUT2D eigenvalue weighted by Gasteiger charge is -2.30. The van der Waals surface area contributed by atoms with Gasteiger partial charge in [-0.3, -0.25) is 4.79 Å². The number of hydrogen-bond donors (Lipinski definition) is 0. The minimum Gasteiger partial charge on any atom is -0.443 e. The fourth-order valence-corrected chi connectivity index (χ4v) is 3.22. The van der Waals surface area contributed by atoms with Gasteiger partial charge in [0, 0.05) is 0 Å². The number of carbonyl (C=O) groups excluding carboxylic acids is 2. The molecule has 1 aliphatic carbocycles. The zero-order valence-electron chi connectivity index (χ0n) is 11.0. The van der Waals surface area contributed by atoms with Gasteiger partial charge < -0.3 is 4.74 Å². The van der Waals surface area contributed by atoms with Gasteiger partial charge >= 0.3 is 12.3 Å². The molecule has 8 heteroatoms. The molecule has 2 aliphatic rings. The van der Waals surface area contributed by atoms with Gasteiger partial charge in [0.25, 0.3) is 0 Å². The van der Waals surface area contributed by atoms with Crippen LogP contribution in [0.2, 0.25) is 0 Å². The number of hydrogen-bond acceptors (Lipinski definition) is 3. The molecule has 2 bridgehead atoms. The van der Waals surface area contributed by atoms with E-state index in [0.717, 1.165) is 6.08 Å². The first-order valence-corrected chi connectivity index (χ1v) is 6.84. The molecule has 1 saturated heterocycles. The summed E-state index contributed by atoms with van der Waals surface area (Å²) in [6.07, 6.45) is -4.74. The molecule has 0 N–H and O–H groups in total. The summed E-state index contributed by atoms with van der Waals surface area (Å²) in [7, 11) is 0. The molecule has 1 aliphatic heterocycles. The van der Waals surface area contributed by atoms with Crippen molar-refractivity contribution in [3.8, 4) is 0 Å². The van der Waals surface area contributed by atoms with E-state index in [4.69, 9.17) is 4.74 Å². The van der Waals surface area contributed by atoms with Crippen LogP contribution in [0, 0.1) is 5.92 Å². The maximum atomic E-state index is 12.9. The molecule has 0 saturated carbocycles. The number of halogens is 4. The minimum atomic E-state index is -4.58. The molecule has 20 heavy (non-hydrogen) atoms. The molecule has 0 aromatic heterocycles. The Morgan fingerprint density at radius 3 is 2.30 bits per heavy atom. The summed E-state index contributed by atoms with van der Waals surface area (Å²) >= 11 is 3.07. The fraction of sp³-hybridized carbons (Fsp3) is 0.667. The number of nitrogens with zero attached hydrogens (tertiary/aromatic N) is 1. The Morgan fingerprint density at radius 1 is 1.35 bits per heavy atom. The Labute approximate surface area is 122 Å². The van der Waals surface area contributed by atoms with Crippen molar-refractivity contribution in [2.45, 2.75) is 43.4 Å². The molecule has 0 spiro atoms. The summed E-state index contributed by atoms with van der Waals surface area (Å²) in [6.45, 7) is 4.74. The summed E-state index contributed by atoms with van der Waals surface area (Å²) in [6, 6.07) is -1.36. The largest absolute Gasteiger partial charge is 0.443 e. The highest BCUT2D eigenvalue weighted by molar-refractivity contribution is 9.09. The van der Waals surface area contributed by atoms with E-state index in [0.29, 0.717) is 4.90 Å². The van der Waals surface area contributed by atoms with E-state index in [2.05, 4.69) is 15.9 Å². The first kappa shape index (κ1) is 15.3. The minimum absolute atomic E-state index is 0.568. The van der Waals surface area contributed by atoms with Crippen LogP contribution in [0.5, 0.6) is 0 Å². The van der Waals surface area contributed by atoms with Crippen molar-refractivity contribution in [1.29, 1.82) is 0 Å². The van der Waals surface area contributed by atoms with Crippen molar-refractivity contribution in [3.05, 3.63) is 11.6 Å². The molecule has 1 fully saturated rings. The molecular formula is C12H13BrF3NO3. The average molecular weight is 356 g/mol. The Morgan fingerprint density at radius 2 is 1.90 bits per heavy atom. The van der Waals surface area contributed by atoms with Gasteiger partial charge in [-0.15, -0.1) is 0 Å². The second kappa shape index (κ2) is 4.47. The van der Waals surface area contributed by atoms with Crippen LogP contribution >= 0.6 is 15.9 Å². The molecule has 0 unspecified atom stereocenters.